The van der Waals surface area contributed by atoms with E-state index >= 15 is 0 Å². The number of aryl methyl sites for hydroxylation is 1. The van der Waals surface area contributed by atoms with Crippen molar-refractivity contribution in [2.45, 2.75) is 18.4 Å². The number of carbonyl (C=O) groups excluding carboxylic acids is 2. The van der Waals surface area contributed by atoms with Gasteiger partial charge in [-0.3, -0.25) is 9.59 Å². The molecule has 0 aliphatic rings. The molecule has 30 heavy (non-hydrogen) atoms. The summed E-state index contributed by atoms with van der Waals surface area (Å²) < 4.78 is 37.2. The monoisotopic (exact) mass is 448 g/mol. The third-order valence-corrected chi connectivity index (χ3v) is 6.96. The van der Waals surface area contributed by atoms with E-state index in [1.165, 1.54) is 49.8 Å². The van der Waals surface area contributed by atoms with Crippen molar-refractivity contribution in [3.8, 4) is 5.75 Å². The molecule has 0 aliphatic heterocycles. The summed E-state index contributed by atoms with van der Waals surface area (Å²) in [5.41, 5.74) is 1.72. The SMILES string of the molecule is COC(=O)Cn1c(=NC(=O)CS(=O)(=O)c2ccc(OC)cc2)sc2cc(C)ccc21. The molecule has 8 nitrogen and oxygen atoms in total. The van der Waals surface area contributed by atoms with Crippen molar-refractivity contribution in [1.29, 1.82) is 0 Å². The van der Waals surface area contributed by atoms with E-state index in [0.717, 1.165) is 10.3 Å². The first kappa shape index (κ1) is 21.7. The van der Waals surface area contributed by atoms with Crippen LogP contribution in [-0.2, 0) is 30.7 Å². The molecule has 0 saturated carbocycles. The van der Waals surface area contributed by atoms with Crippen molar-refractivity contribution in [3.05, 3.63) is 52.8 Å². The quantitative estimate of drug-likeness (QED) is 0.535. The van der Waals surface area contributed by atoms with Gasteiger partial charge in [-0.25, -0.2) is 8.42 Å². The summed E-state index contributed by atoms with van der Waals surface area (Å²) in [6.07, 6.45) is 0. The average Bonchev–Trinajstić information content (AvgIpc) is 3.03. The number of esters is 1. The van der Waals surface area contributed by atoms with Gasteiger partial charge in [0.25, 0.3) is 5.91 Å². The lowest BCUT2D eigenvalue weighted by atomic mass is 10.2. The van der Waals surface area contributed by atoms with Gasteiger partial charge in [0.05, 0.1) is 29.3 Å². The zero-order valence-electron chi connectivity index (χ0n) is 16.6. The molecule has 0 N–H and O–H groups in total. The minimum absolute atomic E-state index is 0.00116. The Hall–Kier alpha value is -2.98. The highest BCUT2D eigenvalue weighted by molar-refractivity contribution is 7.92. The topological polar surface area (TPSA) is 104 Å². The molecule has 0 atom stereocenters. The van der Waals surface area contributed by atoms with E-state index in [1.54, 1.807) is 4.57 Å². The van der Waals surface area contributed by atoms with Crippen LogP contribution in [0.25, 0.3) is 10.2 Å². The standard InChI is InChI=1S/C20H20N2O6S2/c1-13-4-9-16-17(10-13)29-20(22(16)11-19(24)28-3)21-18(23)12-30(25,26)15-7-5-14(27-2)6-8-15/h4-10H,11-12H2,1-3H3. The molecular formula is C20H20N2O6S2. The van der Waals surface area contributed by atoms with Crippen molar-refractivity contribution < 1.29 is 27.5 Å². The summed E-state index contributed by atoms with van der Waals surface area (Å²) in [6, 6.07) is 11.4. The molecule has 1 heterocycles. The zero-order valence-corrected chi connectivity index (χ0v) is 18.2. The Morgan fingerprint density at radius 3 is 2.43 bits per heavy atom. The number of carbonyl (C=O) groups is 2. The second-order valence-corrected chi connectivity index (χ2v) is 9.46. The van der Waals surface area contributed by atoms with E-state index in [-0.39, 0.29) is 16.2 Å². The fourth-order valence-corrected chi connectivity index (χ4v) is 5.03. The fraction of sp³-hybridized carbons (Fsp3) is 0.250. The van der Waals surface area contributed by atoms with E-state index < -0.39 is 27.5 Å². The summed E-state index contributed by atoms with van der Waals surface area (Å²) in [7, 11) is -1.13. The first-order valence-electron chi connectivity index (χ1n) is 8.84. The molecule has 0 spiro atoms. The van der Waals surface area contributed by atoms with Crippen LogP contribution in [-0.4, -0.2) is 44.8 Å². The minimum Gasteiger partial charge on any atom is -0.497 e. The molecule has 0 fully saturated rings. The summed E-state index contributed by atoms with van der Waals surface area (Å²) in [5.74, 6) is -1.61. The number of sulfone groups is 1. The van der Waals surface area contributed by atoms with Crippen LogP contribution in [0.3, 0.4) is 0 Å². The second kappa shape index (κ2) is 8.80. The van der Waals surface area contributed by atoms with Gasteiger partial charge in [-0.1, -0.05) is 17.4 Å². The number of nitrogens with zero attached hydrogens (tertiary/aromatic N) is 2. The number of benzene rings is 2. The van der Waals surface area contributed by atoms with Crippen LogP contribution in [0.5, 0.6) is 5.75 Å². The van der Waals surface area contributed by atoms with Crippen molar-refractivity contribution >= 4 is 43.3 Å². The van der Waals surface area contributed by atoms with Gasteiger partial charge in [-0.05, 0) is 48.9 Å². The van der Waals surface area contributed by atoms with Gasteiger partial charge in [0.15, 0.2) is 14.6 Å². The summed E-state index contributed by atoms with van der Waals surface area (Å²) in [6.45, 7) is 1.78. The van der Waals surface area contributed by atoms with Gasteiger partial charge < -0.3 is 14.0 Å². The Bertz CT molecular complexity index is 1270. The summed E-state index contributed by atoms with van der Waals surface area (Å²) >= 11 is 1.20. The number of hydrogen-bond acceptors (Lipinski definition) is 7. The van der Waals surface area contributed by atoms with Gasteiger partial charge in [-0.15, -0.1) is 0 Å². The van der Waals surface area contributed by atoms with Crippen LogP contribution in [0.2, 0.25) is 0 Å². The predicted molar refractivity (Wildman–Crippen MR) is 112 cm³/mol. The minimum atomic E-state index is -3.88. The molecule has 3 aromatic rings. The highest BCUT2D eigenvalue weighted by Crippen LogP contribution is 2.20. The van der Waals surface area contributed by atoms with Crippen LogP contribution in [0.15, 0.2) is 52.4 Å². The van der Waals surface area contributed by atoms with E-state index in [2.05, 4.69) is 4.99 Å². The van der Waals surface area contributed by atoms with E-state index in [0.29, 0.717) is 11.3 Å². The Morgan fingerprint density at radius 2 is 1.80 bits per heavy atom. The number of hydrogen-bond donors (Lipinski definition) is 0. The van der Waals surface area contributed by atoms with E-state index in [4.69, 9.17) is 9.47 Å². The van der Waals surface area contributed by atoms with Gasteiger partial charge in [0.1, 0.15) is 18.0 Å². The molecule has 158 valence electrons. The molecule has 0 aliphatic carbocycles. The first-order chi connectivity index (χ1) is 14.2. The number of thiazole rings is 1. The van der Waals surface area contributed by atoms with Gasteiger partial charge in [0.2, 0.25) is 0 Å². The van der Waals surface area contributed by atoms with Crippen molar-refractivity contribution in [2.24, 2.45) is 4.99 Å². The Labute approximate surface area is 177 Å². The molecule has 0 saturated heterocycles. The maximum atomic E-state index is 12.6. The number of amides is 1. The maximum Gasteiger partial charge on any atom is 0.325 e. The first-order valence-corrected chi connectivity index (χ1v) is 11.3. The van der Waals surface area contributed by atoms with Crippen LogP contribution in [0.1, 0.15) is 5.56 Å². The lowest BCUT2D eigenvalue weighted by Crippen LogP contribution is -2.24. The molecule has 1 aromatic heterocycles. The van der Waals surface area contributed by atoms with Gasteiger partial charge in [0, 0.05) is 0 Å². The molecule has 10 heteroatoms. The van der Waals surface area contributed by atoms with Gasteiger partial charge >= 0.3 is 5.97 Å². The predicted octanol–water partition coefficient (Wildman–Crippen LogP) is 2.09. The molecule has 0 radical (unpaired) electrons. The average molecular weight is 449 g/mol. The smallest absolute Gasteiger partial charge is 0.325 e. The third kappa shape index (κ3) is 4.77. The highest BCUT2D eigenvalue weighted by Gasteiger charge is 2.20. The van der Waals surface area contributed by atoms with Crippen LogP contribution < -0.4 is 9.54 Å². The number of fused-ring (bicyclic) bond motifs is 1. The Kier molecular flexibility index (Phi) is 6.37. The van der Waals surface area contributed by atoms with Crippen LogP contribution in [0, 0.1) is 6.92 Å². The molecule has 1 amide bonds. The van der Waals surface area contributed by atoms with E-state index in [1.807, 2.05) is 25.1 Å². The number of ether oxygens (including phenoxy) is 2. The van der Waals surface area contributed by atoms with Crippen molar-refractivity contribution in [1.82, 2.24) is 4.57 Å². The normalized spacial score (nSPS) is 12.2. The Morgan fingerprint density at radius 1 is 1.10 bits per heavy atom. The second-order valence-electron chi connectivity index (χ2n) is 6.46. The van der Waals surface area contributed by atoms with Crippen LogP contribution >= 0.6 is 11.3 Å². The maximum absolute atomic E-state index is 12.6. The molecule has 0 bridgehead atoms. The molecule has 3 rings (SSSR count). The molecule has 0 unspecified atom stereocenters. The zero-order chi connectivity index (χ0) is 21.9. The van der Waals surface area contributed by atoms with Crippen molar-refractivity contribution in [2.75, 3.05) is 20.0 Å². The van der Waals surface area contributed by atoms with Crippen LogP contribution in [0.4, 0.5) is 0 Å². The van der Waals surface area contributed by atoms with E-state index in [9.17, 15) is 18.0 Å². The fourth-order valence-electron chi connectivity index (χ4n) is 2.78. The summed E-state index contributed by atoms with van der Waals surface area (Å²) in [5, 5.41) is 0. The summed E-state index contributed by atoms with van der Waals surface area (Å²) in [4.78, 5) is 28.5. The number of methoxy groups -OCH3 is 2. The Balaban J connectivity index is 1.97. The molecular weight excluding hydrogens is 428 g/mol. The largest absolute Gasteiger partial charge is 0.497 e. The van der Waals surface area contributed by atoms with Crippen molar-refractivity contribution in [3.63, 3.8) is 0 Å². The third-order valence-electron chi connectivity index (χ3n) is 4.31. The number of rotatable bonds is 6. The lowest BCUT2D eigenvalue weighted by molar-refractivity contribution is -0.141. The lowest BCUT2D eigenvalue weighted by Gasteiger charge is -2.05. The molecule has 2 aromatic carbocycles. The highest BCUT2D eigenvalue weighted by atomic mass is 32.2. The number of aromatic nitrogens is 1. The van der Waals surface area contributed by atoms with Gasteiger partial charge in [-0.2, -0.15) is 4.99 Å².